The van der Waals surface area contributed by atoms with Gasteiger partial charge in [-0.05, 0) is 36.1 Å². The maximum absolute atomic E-state index is 10.5. The Morgan fingerprint density at radius 3 is 2.48 bits per heavy atom. The lowest BCUT2D eigenvalue weighted by molar-refractivity contribution is 0.159. The van der Waals surface area contributed by atoms with Gasteiger partial charge in [-0.15, -0.1) is 0 Å². The molecule has 3 aromatic rings. The number of benzene rings is 2. The van der Waals surface area contributed by atoms with Crippen molar-refractivity contribution in [3.8, 4) is 0 Å². The van der Waals surface area contributed by atoms with Gasteiger partial charge in [-0.3, -0.25) is 0 Å². The second-order valence-corrected chi connectivity index (χ2v) is 6.05. The van der Waals surface area contributed by atoms with Crippen LogP contribution in [0.15, 0.2) is 67.1 Å². The number of hydrogen-bond donors (Lipinski definition) is 1. The second-order valence-electron chi connectivity index (χ2n) is 5.61. The van der Waals surface area contributed by atoms with E-state index in [0.29, 0.717) is 13.0 Å². The summed E-state index contributed by atoms with van der Waals surface area (Å²) in [4.78, 5) is 4.19. The third-order valence-electron chi connectivity index (χ3n) is 3.90. The van der Waals surface area contributed by atoms with Crippen LogP contribution in [0.25, 0.3) is 0 Å². The molecule has 3 nitrogen and oxygen atoms in total. The van der Waals surface area contributed by atoms with E-state index in [1.165, 1.54) is 5.56 Å². The van der Waals surface area contributed by atoms with Gasteiger partial charge in [0.25, 0.3) is 0 Å². The van der Waals surface area contributed by atoms with Crippen LogP contribution in [0.1, 0.15) is 29.3 Å². The molecule has 0 saturated heterocycles. The van der Waals surface area contributed by atoms with Crippen LogP contribution in [0, 0.1) is 0 Å². The number of aliphatic hydroxyl groups is 1. The highest BCUT2D eigenvalue weighted by Gasteiger charge is 2.13. The van der Waals surface area contributed by atoms with E-state index in [-0.39, 0.29) is 0 Å². The highest BCUT2D eigenvalue weighted by atomic mass is 35.5. The largest absolute Gasteiger partial charge is 0.387 e. The van der Waals surface area contributed by atoms with Crippen molar-refractivity contribution in [1.29, 1.82) is 0 Å². The summed E-state index contributed by atoms with van der Waals surface area (Å²) in [5.41, 5.74) is 3.20. The van der Waals surface area contributed by atoms with Gasteiger partial charge in [-0.2, -0.15) is 0 Å². The SMILES string of the molecule is OC(CCc1ccccc1)c1cncn1Cc1ccc(Cl)cc1. The molecule has 0 aliphatic carbocycles. The molecule has 1 aromatic heterocycles. The quantitative estimate of drug-likeness (QED) is 0.735. The maximum atomic E-state index is 10.5. The smallest absolute Gasteiger partial charge is 0.0959 e. The van der Waals surface area contributed by atoms with Gasteiger partial charge in [0.1, 0.15) is 0 Å². The molecule has 1 unspecified atom stereocenters. The highest BCUT2D eigenvalue weighted by Crippen LogP contribution is 2.20. The minimum atomic E-state index is -0.523. The standard InChI is InChI=1S/C19H19ClN2O/c20-17-9-6-16(7-10-17)13-22-14-21-12-18(22)19(23)11-8-15-4-2-1-3-5-15/h1-7,9-10,12,14,19,23H,8,11,13H2. The minimum absolute atomic E-state index is 0.523. The van der Waals surface area contributed by atoms with Gasteiger partial charge in [0.15, 0.2) is 0 Å². The van der Waals surface area contributed by atoms with Crippen LogP contribution in [-0.4, -0.2) is 14.7 Å². The van der Waals surface area contributed by atoms with Gasteiger partial charge in [0.05, 0.1) is 24.3 Å². The predicted molar refractivity (Wildman–Crippen MR) is 92.5 cm³/mol. The number of hydrogen-bond acceptors (Lipinski definition) is 2. The van der Waals surface area contributed by atoms with Gasteiger partial charge >= 0.3 is 0 Å². The second kappa shape index (κ2) is 7.44. The van der Waals surface area contributed by atoms with E-state index < -0.39 is 6.10 Å². The first kappa shape index (κ1) is 15.8. The predicted octanol–water partition coefficient (Wildman–Crippen LogP) is 4.25. The van der Waals surface area contributed by atoms with Crippen molar-refractivity contribution in [3.05, 3.63) is 89.0 Å². The van der Waals surface area contributed by atoms with E-state index in [4.69, 9.17) is 11.6 Å². The summed E-state index contributed by atoms with van der Waals surface area (Å²) >= 11 is 5.92. The fourth-order valence-corrected chi connectivity index (χ4v) is 2.75. The summed E-state index contributed by atoms with van der Waals surface area (Å²) in [7, 11) is 0. The Kier molecular flexibility index (Phi) is 5.11. The van der Waals surface area contributed by atoms with Gasteiger partial charge in [-0.25, -0.2) is 4.98 Å². The van der Waals surface area contributed by atoms with Crippen LogP contribution >= 0.6 is 11.6 Å². The van der Waals surface area contributed by atoms with Crippen molar-refractivity contribution in [2.24, 2.45) is 0 Å². The third-order valence-corrected chi connectivity index (χ3v) is 4.15. The lowest BCUT2D eigenvalue weighted by Crippen LogP contribution is -2.09. The number of rotatable bonds is 6. The molecule has 0 amide bonds. The summed E-state index contributed by atoms with van der Waals surface area (Å²) in [6.45, 7) is 0.675. The Hall–Kier alpha value is -2.10. The molecule has 0 saturated carbocycles. The Balaban J connectivity index is 1.66. The molecule has 0 bridgehead atoms. The normalized spacial score (nSPS) is 12.3. The van der Waals surface area contributed by atoms with Gasteiger partial charge < -0.3 is 9.67 Å². The zero-order chi connectivity index (χ0) is 16.1. The summed E-state index contributed by atoms with van der Waals surface area (Å²) in [6.07, 6.45) is 4.50. The number of aryl methyl sites for hydroxylation is 1. The minimum Gasteiger partial charge on any atom is -0.387 e. The first-order chi connectivity index (χ1) is 11.2. The van der Waals surface area contributed by atoms with Crippen LogP contribution in [0.4, 0.5) is 0 Å². The maximum Gasteiger partial charge on any atom is 0.0959 e. The highest BCUT2D eigenvalue weighted by molar-refractivity contribution is 6.30. The molecule has 1 N–H and O–H groups in total. The van der Waals surface area contributed by atoms with Crippen molar-refractivity contribution >= 4 is 11.6 Å². The topological polar surface area (TPSA) is 38.1 Å². The molecular formula is C19H19ClN2O. The summed E-state index contributed by atoms with van der Waals surface area (Å²) in [5, 5.41) is 11.2. The van der Waals surface area contributed by atoms with E-state index >= 15 is 0 Å². The molecule has 118 valence electrons. The van der Waals surface area contributed by atoms with E-state index in [2.05, 4.69) is 17.1 Å². The van der Waals surface area contributed by atoms with Crippen LogP contribution in [-0.2, 0) is 13.0 Å². The lowest BCUT2D eigenvalue weighted by Gasteiger charge is -2.14. The van der Waals surface area contributed by atoms with Crippen LogP contribution in [0.3, 0.4) is 0 Å². The molecule has 1 heterocycles. The van der Waals surface area contributed by atoms with E-state index in [1.54, 1.807) is 12.5 Å². The van der Waals surface area contributed by atoms with Crippen molar-refractivity contribution < 1.29 is 5.11 Å². The van der Waals surface area contributed by atoms with E-state index in [9.17, 15) is 5.11 Å². The fourth-order valence-electron chi connectivity index (χ4n) is 2.62. The van der Waals surface area contributed by atoms with Crippen LogP contribution < -0.4 is 0 Å². The Bertz CT molecular complexity index is 738. The average molecular weight is 327 g/mol. The summed E-state index contributed by atoms with van der Waals surface area (Å²) in [5.74, 6) is 0. The Labute approximate surface area is 141 Å². The molecule has 0 aliphatic rings. The molecule has 0 radical (unpaired) electrons. The summed E-state index contributed by atoms with van der Waals surface area (Å²) < 4.78 is 1.99. The lowest BCUT2D eigenvalue weighted by atomic mass is 10.1. The molecule has 3 rings (SSSR count). The number of aromatic nitrogens is 2. The number of halogens is 1. The Morgan fingerprint density at radius 1 is 1.00 bits per heavy atom. The van der Waals surface area contributed by atoms with Crippen molar-refractivity contribution in [3.63, 3.8) is 0 Å². The first-order valence-corrected chi connectivity index (χ1v) is 8.06. The monoisotopic (exact) mass is 326 g/mol. The Morgan fingerprint density at radius 2 is 1.74 bits per heavy atom. The van der Waals surface area contributed by atoms with Gasteiger partial charge in [0, 0.05) is 11.6 Å². The molecule has 0 fully saturated rings. The van der Waals surface area contributed by atoms with Gasteiger partial charge in [-0.1, -0.05) is 54.1 Å². The number of aliphatic hydroxyl groups excluding tert-OH is 1. The summed E-state index contributed by atoms with van der Waals surface area (Å²) in [6, 6.07) is 17.9. The van der Waals surface area contributed by atoms with Gasteiger partial charge in [0.2, 0.25) is 0 Å². The van der Waals surface area contributed by atoms with Crippen LogP contribution in [0.5, 0.6) is 0 Å². The molecule has 0 spiro atoms. The molecule has 4 heteroatoms. The fraction of sp³-hybridized carbons (Fsp3) is 0.211. The molecule has 0 aliphatic heterocycles. The zero-order valence-corrected chi connectivity index (χ0v) is 13.5. The molecular weight excluding hydrogens is 308 g/mol. The molecule has 23 heavy (non-hydrogen) atoms. The molecule has 1 atom stereocenters. The first-order valence-electron chi connectivity index (χ1n) is 7.69. The van der Waals surface area contributed by atoms with E-state index in [1.807, 2.05) is 47.0 Å². The van der Waals surface area contributed by atoms with Crippen molar-refractivity contribution in [1.82, 2.24) is 9.55 Å². The van der Waals surface area contributed by atoms with E-state index in [0.717, 1.165) is 22.7 Å². The number of nitrogens with zero attached hydrogens (tertiary/aromatic N) is 2. The average Bonchev–Trinajstić information content (AvgIpc) is 3.04. The number of imidazole rings is 1. The molecule has 2 aromatic carbocycles. The van der Waals surface area contributed by atoms with Crippen molar-refractivity contribution in [2.75, 3.05) is 0 Å². The van der Waals surface area contributed by atoms with Crippen molar-refractivity contribution in [2.45, 2.75) is 25.5 Å². The zero-order valence-electron chi connectivity index (χ0n) is 12.8. The third kappa shape index (κ3) is 4.21. The van der Waals surface area contributed by atoms with Crippen LogP contribution in [0.2, 0.25) is 5.02 Å².